The molecule has 0 N–H and O–H groups in total. The van der Waals surface area contributed by atoms with Crippen LogP contribution in [0.25, 0.3) is 110 Å². The summed E-state index contributed by atoms with van der Waals surface area (Å²) in [5, 5.41) is 9.12. The summed E-state index contributed by atoms with van der Waals surface area (Å²) in [6.07, 6.45) is 0. The Morgan fingerprint density at radius 2 is 0.645 bits per heavy atom. The van der Waals surface area contributed by atoms with Gasteiger partial charge in [0.2, 0.25) is 0 Å². The third-order valence-electron chi connectivity index (χ3n) is 20.1. The van der Waals surface area contributed by atoms with Crippen LogP contribution < -0.4 is 9.80 Å². The highest BCUT2D eigenvalue weighted by Gasteiger charge is 2.54. The fourth-order valence-corrected chi connectivity index (χ4v) is 15.8. The molecule has 444 valence electrons. The fourth-order valence-electron chi connectivity index (χ4n) is 15.8. The fraction of sp³-hybridized carbons (Fsp3) is 0.101. The summed E-state index contributed by atoms with van der Waals surface area (Å²) >= 11 is 0. The van der Waals surface area contributed by atoms with Crippen molar-refractivity contribution in [1.29, 1.82) is 0 Å². The monoisotopic (exact) mass is 1190 g/mol. The van der Waals surface area contributed by atoms with E-state index in [1.807, 2.05) is 0 Å². The zero-order chi connectivity index (χ0) is 62.5. The average Bonchev–Trinajstić information content (AvgIpc) is 1.50. The molecule has 0 saturated carbocycles. The first-order valence-corrected chi connectivity index (χ1v) is 32.6. The highest BCUT2D eigenvalue weighted by Crippen LogP contribution is 2.66. The lowest BCUT2D eigenvalue weighted by atomic mass is 9.68. The molecule has 2 aliphatic carbocycles. The Balaban J connectivity index is 0.867. The van der Waals surface area contributed by atoms with Crippen LogP contribution in [0.15, 0.2) is 300 Å². The molecule has 4 heteroatoms. The predicted octanol–water partition coefficient (Wildman–Crippen LogP) is 25.0. The van der Waals surface area contributed by atoms with Gasteiger partial charge >= 0.3 is 0 Å². The Labute approximate surface area is 541 Å². The number of furan rings is 2. The van der Waals surface area contributed by atoms with Crippen LogP contribution in [-0.4, -0.2) is 0 Å². The van der Waals surface area contributed by atoms with Crippen molar-refractivity contribution in [2.24, 2.45) is 0 Å². The molecule has 0 saturated heterocycles. The van der Waals surface area contributed by atoms with Gasteiger partial charge < -0.3 is 18.6 Å². The third-order valence-corrected chi connectivity index (χ3v) is 20.1. The predicted molar refractivity (Wildman–Crippen MR) is 390 cm³/mol. The first-order valence-electron chi connectivity index (χ1n) is 32.6. The molecule has 0 bridgehead atoms. The van der Waals surface area contributed by atoms with Crippen LogP contribution in [0.1, 0.15) is 74.9 Å². The van der Waals surface area contributed by atoms with Crippen LogP contribution in [0.5, 0.6) is 0 Å². The molecule has 0 unspecified atom stereocenters. The van der Waals surface area contributed by atoms with Crippen molar-refractivity contribution in [3.63, 3.8) is 0 Å². The molecule has 0 aliphatic heterocycles. The van der Waals surface area contributed by atoms with Gasteiger partial charge in [-0.25, -0.2) is 0 Å². The standard InChI is InChI=1S/C89H66N2O2/c1-87(2,3)59-41-49-77-75(53-59)76-54-60(88(4,5)6)42-50-78(76)89(77)81-65-47-43-63(90(61-27-15-9-16-28-61)79-37-21-35-73-71-33-19-31-67(83(71)92-85(73)79)55-23-11-7-12-24-55)51-57(65)39-45-69(81)70-46-40-58-52-64(44-48-66(58)82(70)89)91(62-29-17-10-18-30-62)80-38-22-36-74-72-34-20-32-68(84(72)93-86(74)80)56-25-13-8-14-26-56/h7-54H,1-6H3. The molecule has 18 rings (SSSR count). The maximum atomic E-state index is 7.16. The maximum absolute atomic E-state index is 7.16. The molecule has 0 amide bonds. The molecule has 0 radical (unpaired) electrons. The summed E-state index contributed by atoms with van der Waals surface area (Å²) in [6, 6.07) is 108. The van der Waals surface area contributed by atoms with Crippen LogP contribution in [0.2, 0.25) is 0 Å². The summed E-state index contributed by atoms with van der Waals surface area (Å²) in [5.41, 5.74) is 26.2. The molecule has 4 nitrogen and oxygen atoms in total. The molecule has 2 aromatic heterocycles. The lowest BCUT2D eigenvalue weighted by Gasteiger charge is -2.33. The van der Waals surface area contributed by atoms with Crippen LogP contribution in [-0.2, 0) is 16.2 Å². The van der Waals surface area contributed by atoms with Crippen LogP contribution in [0, 0.1) is 0 Å². The molecular weight excluding hydrogens is 1130 g/mol. The highest BCUT2D eigenvalue weighted by molar-refractivity contribution is 6.16. The minimum Gasteiger partial charge on any atom is -0.453 e. The van der Waals surface area contributed by atoms with Crippen LogP contribution in [0.3, 0.4) is 0 Å². The quantitative estimate of drug-likeness (QED) is 0.152. The highest BCUT2D eigenvalue weighted by atomic mass is 16.3. The van der Waals surface area contributed by atoms with E-state index in [1.165, 1.54) is 66.4 Å². The summed E-state index contributed by atoms with van der Waals surface area (Å²) in [4.78, 5) is 4.76. The van der Waals surface area contributed by atoms with E-state index in [2.05, 4.69) is 343 Å². The van der Waals surface area contributed by atoms with E-state index in [1.54, 1.807) is 0 Å². The number of hydrogen-bond acceptors (Lipinski definition) is 4. The van der Waals surface area contributed by atoms with E-state index >= 15 is 0 Å². The van der Waals surface area contributed by atoms with E-state index in [0.717, 1.165) is 111 Å². The van der Waals surface area contributed by atoms with Crippen molar-refractivity contribution in [2.75, 3.05) is 9.80 Å². The van der Waals surface area contributed by atoms with Crippen molar-refractivity contribution in [1.82, 2.24) is 0 Å². The largest absolute Gasteiger partial charge is 0.453 e. The Morgan fingerprint density at radius 1 is 0.269 bits per heavy atom. The molecule has 2 heterocycles. The van der Waals surface area contributed by atoms with Crippen LogP contribution in [0.4, 0.5) is 34.1 Å². The van der Waals surface area contributed by atoms with Crippen LogP contribution >= 0.6 is 0 Å². The van der Waals surface area contributed by atoms with Crippen molar-refractivity contribution in [3.8, 4) is 44.5 Å². The first kappa shape index (κ1) is 54.7. The van der Waals surface area contributed by atoms with Gasteiger partial charge in [-0.2, -0.15) is 0 Å². The van der Waals surface area contributed by atoms with Crippen molar-refractivity contribution < 1.29 is 8.83 Å². The Hall–Kier alpha value is -11.2. The van der Waals surface area contributed by atoms with Crippen molar-refractivity contribution in [3.05, 3.63) is 325 Å². The molecule has 0 fully saturated rings. The SMILES string of the molecule is CC(C)(C)c1ccc2c(c1)-c1cc(C(C)(C)C)ccc1C21c2c(ccc3cc(N(c4ccccc4)c4cccc5c4oc4c(-c6ccccc6)cccc45)ccc23)-c2ccc3cc(N(c4ccccc4)c4cccc5c4oc4c(-c6ccccc6)cccc45)ccc3c21. The number of nitrogens with zero attached hydrogens (tertiary/aromatic N) is 2. The van der Waals surface area contributed by atoms with Gasteiger partial charge in [0.25, 0.3) is 0 Å². The van der Waals surface area contributed by atoms with Crippen molar-refractivity contribution >= 4 is 99.5 Å². The van der Waals surface area contributed by atoms with E-state index in [0.29, 0.717) is 0 Å². The second-order valence-electron chi connectivity index (χ2n) is 27.5. The molecular formula is C89H66N2O2. The van der Waals surface area contributed by atoms with E-state index in [9.17, 15) is 0 Å². The lowest BCUT2D eigenvalue weighted by molar-refractivity contribution is 0.589. The van der Waals surface area contributed by atoms with E-state index < -0.39 is 5.41 Å². The maximum Gasteiger partial charge on any atom is 0.159 e. The smallest absolute Gasteiger partial charge is 0.159 e. The summed E-state index contributed by atoms with van der Waals surface area (Å²) in [6.45, 7) is 14.0. The Morgan fingerprint density at radius 3 is 1.04 bits per heavy atom. The summed E-state index contributed by atoms with van der Waals surface area (Å²) in [7, 11) is 0. The van der Waals surface area contributed by atoms with Gasteiger partial charge in [0.1, 0.15) is 11.2 Å². The molecule has 14 aromatic carbocycles. The second kappa shape index (κ2) is 20.4. The van der Waals surface area contributed by atoms with Gasteiger partial charge in [-0.3, -0.25) is 0 Å². The molecule has 1 spiro atoms. The number of anilines is 6. The van der Waals surface area contributed by atoms with Gasteiger partial charge in [0.05, 0.1) is 16.8 Å². The summed E-state index contributed by atoms with van der Waals surface area (Å²) < 4.78 is 14.3. The Kier molecular flexibility index (Phi) is 12.0. The van der Waals surface area contributed by atoms with Gasteiger partial charge in [0, 0.05) is 55.4 Å². The van der Waals surface area contributed by atoms with Crippen molar-refractivity contribution in [2.45, 2.75) is 57.8 Å². The molecule has 0 atom stereocenters. The number of para-hydroxylation sites is 6. The topological polar surface area (TPSA) is 32.8 Å². The number of benzene rings is 14. The van der Waals surface area contributed by atoms with Gasteiger partial charge in [-0.05, 0) is 160 Å². The first-order chi connectivity index (χ1) is 45.4. The average molecular weight is 1200 g/mol. The van der Waals surface area contributed by atoms with E-state index in [-0.39, 0.29) is 10.8 Å². The zero-order valence-corrected chi connectivity index (χ0v) is 52.9. The molecule has 93 heavy (non-hydrogen) atoms. The summed E-state index contributed by atoms with van der Waals surface area (Å²) in [5.74, 6) is 0. The van der Waals surface area contributed by atoms with Gasteiger partial charge in [0.15, 0.2) is 11.2 Å². The number of fused-ring (bicyclic) bond motifs is 20. The molecule has 2 aliphatic rings. The number of hydrogen-bond donors (Lipinski definition) is 0. The van der Waals surface area contributed by atoms with Gasteiger partial charge in [-0.15, -0.1) is 0 Å². The minimum atomic E-state index is -0.699. The normalized spacial score (nSPS) is 13.1. The minimum absolute atomic E-state index is 0.0761. The third kappa shape index (κ3) is 8.24. The number of rotatable bonds is 8. The van der Waals surface area contributed by atoms with E-state index in [4.69, 9.17) is 8.83 Å². The lowest BCUT2D eigenvalue weighted by Crippen LogP contribution is -2.27. The Bertz CT molecular complexity index is 5350. The zero-order valence-electron chi connectivity index (χ0n) is 52.9. The molecule has 16 aromatic rings. The van der Waals surface area contributed by atoms with Gasteiger partial charge in [-0.1, -0.05) is 272 Å². The second-order valence-corrected chi connectivity index (χ2v) is 27.5.